The van der Waals surface area contributed by atoms with Crippen LogP contribution in [0.25, 0.3) is 0 Å². The van der Waals surface area contributed by atoms with E-state index in [9.17, 15) is 0 Å². The molecule has 0 spiro atoms. The van der Waals surface area contributed by atoms with Crippen LogP contribution in [0.15, 0.2) is 24.3 Å². The molecule has 1 aliphatic rings. The summed E-state index contributed by atoms with van der Waals surface area (Å²) in [4.78, 5) is 0. The molecule has 1 aliphatic carbocycles. The van der Waals surface area contributed by atoms with Gasteiger partial charge >= 0.3 is 0 Å². The summed E-state index contributed by atoms with van der Waals surface area (Å²) < 4.78 is 0. The second kappa shape index (κ2) is 4.14. The molecule has 0 radical (unpaired) electrons. The van der Waals surface area contributed by atoms with E-state index in [1.54, 1.807) is 0 Å². The van der Waals surface area contributed by atoms with Crippen molar-refractivity contribution in [3.8, 4) is 0 Å². The van der Waals surface area contributed by atoms with Crippen LogP contribution >= 0.6 is 0 Å². The molecule has 1 fully saturated rings. The Morgan fingerprint density at radius 2 is 1.93 bits per heavy atom. The van der Waals surface area contributed by atoms with Gasteiger partial charge in [-0.3, -0.25) is 0 Å². The van der Waals surface area contributed by atoms with Crippen molar-refractivity contribution in [2.45, 2.75) is 45.2 Å². The molecule has 76 valence electrons. The molecule has 2 rings (SSSR count). The molecule has 1 heteroatoms. The van der Waals surface area contributed by atoms with Gasteiger partial charge in [0.2, 0.25) is 0 Å². The molecule has 1 N–H and O–H groups in total. The van der Waals surface area contributed by atoms with E-state index in [1.165, 1.54) is 30.4 Å². The van der Waals surface area contributed by atoms with Crippen molar-refractivity contribution in [1.82, 2.24) is 5.32 Å². The van der Waals surface area contributed by atoms with E-state index in [1.807, 2.05) is 0 Å². The number of hydrogen-bond donors (Lipinski definition) is 1. The molecule has 0 saturated heterocycles. The lowest BCUT2D eigenvalue weighted by Crippen LogP contribution is -2.22. The van der Waals surface area contributed by atoms with Gasteiger partial charge in [-0.2, -0.15) is 0 Å². The summed E-state index contributed by atoms with van der Waals surface area (Å²) in [7, 11) is 0. The van der Waals surface area contributed by atoms with Crippen LogP contribution < -0.4 is 5.32 Å². The summed E-state index contributed by atoms with van der Waals surface area (Å²) in [5, 5.41) is 3.68. The highest BCUT2D eigenvalue weighted by molar-refractivity contribution is 5.24. The molecular weight excluding hydrogens is 170 g/mol. The zero-order valence-electron chi connectivity index (χ0n) is 9.09. The number of rotatable bonds is 4. The minimum absolute atomic E-state index is 0.558. The number of hydrogen-bond acceptors (Lipinski definition) is 1. The van der Waals surface area contributed by atoms with Crippen molar-refractivity contribution in [2.75, 3.05) is 0 Å². The molecule has 0 bridgehead atoms. The fraction of sp³-hybridized carbons (Fsp3) is 0.538. The minimum atomic E-state index is 0.558. The Morgan fingerprint density at radius 3 is 2.43 bits per heavy atom. The average Bonchev–Trinajstić information content (AvgIpc) is 3.00. The summed E-state index contributed by atoms with van der Waals surface area (Å²) in [5.41, 5.74) is 2.78. The molecule has 14 heavy (non-hydrogen) atoms. The van der Waals surface area contributed by atoms with E-state index in [4.69, 9.17) is 0 Å². The van der Waals surface area contributed by atoms with Gasteiger partial charge in [0.05, 0.1) is 0 Å². The summed E-state index contributed by atoms with van der Waals surface area (Å²) in [6.07, 6.45) is 3.91. The second-order valence-corrected chi connectivity index (χ2v) is 4.31. The third-order valence-electron chi connectivity index (χ3n) is 2.90. The van der Waals surface area contributed by atoms with Gasteiger partial charge in [-0.1, -0.05) is 36.8 Å². The Morgan fingerprint density at radius 1 is 1.29 bits per heavy atom. The molecule has 0 aromatic heterocycles. The van der Waals surface area contributed by atoms with Gasteiger partial charge < -0.3 is 5.32 Å². The van der Waals surface area contributed by atoms with E-state index >= 15 is 0 Å². The zero-order valence-corrected chi connectivity index (χ0v) is 9.09. The number of nitrogens with one attached hydrogen (secondary N) is 1. The molecule has 1 atom stereocenters. The maximum absolute atomic E-state index is 3.68. The van der Waals surface area contributed by atoms with Crippen LogP contribution in [-0.2, 0) is 0 Å². The Hall–Kier alpha value is -0.820. The lowest BCUT2D eigenvalue weighted by Gasteiger charge is -2.17. The maximum atomic E-state index is 3.68. The van der Waals surface area contributed by atoms with E-state index < -0.39 is 0 Å². The number of aryl methyl sites for hydroxylation is 1. The van der Waals surface area contributed by atoms with E-state index in [0.29, 0.717) is 6.04 Å². The lowest BCUT2D eigenvalue weighted by atomic mass is 10.0. The molecule has 0 aliphatic heterocycles. The van der Waals surface area contributed by atoms with Crippen molar-refractivity contribution in [3.05, 3.63) is 35.4 Å². The first-order valence-electron chi connectivity index (χ1n) is 5.62. The van der Waals surface area contributed by atoms with E-state index in [0.717, 1.165) is 6.04 Å². The van der Waals surface area contributed by atoms with Crippen molar-refractivity contribution in [3.63, 3.8) is 0 Å². The Balaban J connectivity index is 2.05. The Labute approximate surface area is 86.5 Å². The molecule has 1 unspecified atom stereocenters. The highest BCUT2D eigenvalue weighted by Gasteiger charge is 2.24. The molecule has 1 saturated carbocycles. The maximum Gasteiger partial charge on any atom is 0.0320 e. The van der Waals surface area contributed by atoms with Crippen LogP contribution in [0.5, 0.6) is 0 Å². The van der Waals surface area contributed by atoms with Gasteiger partial charge in [0, 0.05) is 12.1 Å². The highest BCUT2D eigenvalue weighted by Crippen LogP contribution is 2.25. The normalized spacial score (nSPS) is 18.1. The van der Waals surface area contributed by atoms with Crippen LogP contribution in [0.4, 0.5) is 0 Å². The highest BCUT2D eigenvalue weighted by atomic mass is 15.0. The largest absolute Gasteiger partial charge is 0.307 e. The van der Waals surface area contributed by atoms with Gasteiger partial charge in [0.1, 0.15) is 0 Å². The van der Waals surface area contributed by atoms with Gasteiger partial charge in [-0.15, -0.1) is 0 Å². The zero-order chi connectivity index (χ0) is 9.97. The van der Waals surface area contributed by atoms with Crippen molar-refractivity contribution < 1.29 is 0 Å². The van der Waals surface area contributed by atoms with Crippen LogP contribution in [0.3, 0.4) is 0 Å². The monoisotopic (exact) mass is 189 g/mol. The molecule has 1 aromatic rings. The summed E-state index contributed by atoms with van der Waals surface area (Å²) in [6.45, 7) is 4.39. The second-order valence-electron chi connectivity index (χ2n) is 4.31. The molecule has 0 heterocycles. The third-order valence-corrected chi connectivity index (χ3v) is 2.90. The molecule has 0 amide bonds. The van der Waals surface area contributed by atoms with Gasteiger partial charge in [0.15, 0.2) is 0 Å². The Bertz CT molecular complexity index is 285. The first kappa shape index (κ1) is 9.72. The predicted molar refractivity (Wildman–Crippen MR) is 60.4 cm³/mol. The summed E-state index contributed by atoms with van der Waals surface area (Å²) >= 11 is 0. The first-order chi connectivity index (χ1) is 6.79. The smallest absolute Gasteiger partial charge is 0.0320 e. The fourth-order valence-electron chi connectivity index (χ4n) is 1.78. The molecule has 1 nitrogen and oxygen atoms in total. The van der Waals surface area contributed by atoms with Crippen LogP contribution in [0.1, 0.15) is 43.4 Å². The van der Waals surface area contributed by atoms with Gasteiger partial charge in [-0.25, -0.2) is 0 Å². The quantitative estimate of drug-likeness (QED) is 0.767. The van der Waals surface area contributed by atoms with Crippen molar-refractivity contribution in [2.24, 2.45) is 0 Å². The van der Waals surface area contributed by atoms with Crippen LogP contribution in [-0.4, -0.2) is 6.04 Å². The van der Waals surface area contributed by atoms with E-state index in [2.05, 4.69) is 43.4 Å². The predicted octanol–water partition coefficient (Wildman–Crippen LogP) is 3.20. The third kappa shape index (κ3) is 2.36. The van der Waals surface area contributed by atoms with Crippen molar-refractivity contribution in [1.29, 1.82) is 0 Å². The van der Waals surface area contributed by atoms with Crippen molar-refractivity contribution >= 4 is 0 Å². The Kier molecular flexibility index (Phi) is 2.87. The number of benzene rings is 1. The SMILES string of the molecule is CCC(NC1CC1)c1ccc(C)cc1. The average molecular weight is 189 g/mol. The van der Waals surface area contributed by atoms with Crippen LogP contribution in [0.2, 0.25) is 0 Å². The first-order valence-corrected chi connectivity index (χ1v) is 5.62. The lowest BCUT2D eigenvalue weighted by molar-refractivity contribution is 0.516. The minimum Gasteiger partial charge on any atom is -0.307 e. The van der Waals surface area contributed by atoms with E-state index in [-0.39, 0.29) is 0 Å². The van der Waals surface area contributed by atoms with Gasteiger partial charge in [-0.05, 0) is 31.7 Å². The molecular formula is C13H19N. The summed E-state index contributed by atoms with van der Waals surface area (Å²) in [5.74, 6) is 0. The summed E-state index contributed by atoms with van der Waals surface area (Å²) in [6, 6.07) is 10.3. The van der Waals surface area contributed by atoms with Crippen LogP contribution in [0, 0.1) is 6.92 Å². The molecule has 1 aromatic carbocycles. The van der Waals surface area contributed by atoms with Gasteiger partial charge in [0.25, 0.3) is 0 Å². The topological polar surface area (TPSA) is 12.0 Å². The standard InChI is InChI=1S/C13H19N/c1-3-13(14-12-8-9-12)11-6-4-10(2)5-7-11/h4-7,12-14H,3,8-9H2,1-2H3. The fourth-order valence-corrected chi connectivity index (χ4v) is 1.78.